The lowest BCUT2D eigenvalue weighted by molar-refractivity contribution is -0.125. The molecule has 0 heterocycles. The van der Waals surface area contributed by atoms with Gasteiger partial charge in [0.1, 0.15) is 0 Å². The van der Waals surface area contributed by atoms with Crippen molar-refractivity contribution in [3.05, 3.63) is 12.2 Å². The molecule has 0 unspecified atom stereocenters. The van der Waals surface area contributed by atoms with E-state index in [0.717, 1.165) is 19.4 Å². The second-order valence-electron chi connectivity index (χ2n) is 2.86. The van der Waals surface area contributed by atoms with Crippen molar-refractivity contribution in [2.24, 2.45) is 0 Å². The molecule has 0 N–H and O–H groups in total. The summed E-state index contributed by atoms with van der Waals surface area (Å²) in [4.78, 5) is 12.9. The van der Waals surface area contributed by atoms with Crippen LogP contribution in [-0.4, -0.2) is 24.4 Å². The first-order valence-electron chi connectivity index (χ1n) is 4.00. The Bertz CT molecular complexity index is 152. The Morgan fingerprint density at radius 1 is 1.55 bits per heavy atom. The van der Waals surface area contributed by atoms with Crippen LogP contribution in [0.5, 0.6) is 0 Å². The first kappa shape index (κ1) is 10.2. The number of hydrogen-bond acceptors (Lipinski definition) is 1. The van der Waals surface area contributed by atoms with Gasteiger partial charge in [0.15, 0.2) is 0 Å². The monoisotopic (exact) mass is 155 g/mol. The molecule has 2 heteroatoms. The van der Waals surface area contributed by atoms with Gasteiger partial charge in [-0.3, -0.25) is 4.79 Å². The minimum absolute atomic E-state index is 0.0541. The van der Waals surface area contributed by atoms with Crippen molar-refractivity contribution in [1.29, 1.82) is 0 Å². The van der Waals surface area contributed by atoms with E-state index in [1.54, 1.807) is 11.8 Å². The fraction of sp³-hybridized carbons (Fsp3) is 0.667. The zero-order valence-electron chi connectivity index (χ0n) is 7.68. The number of amides is 1. The van der Waals surface area contributed by atoms with Gasteiger partial charge in [0.05, 0.1) is 0 Å². The van der Waals surface area contributed by atoms with Crippen molar-refractivity contribution in [3.8, 4) is 0 Å². The predicted molar refractivity (Wildman–Crippen MR) is 47.4 cm³/mol. The zero-order chi connectivity index (χ0) is 8.85. The number of carbonyl (C=O) groups is 1. The number of likely N-dealkylation sites (N-methyl/N-ethyl adjacent to an activating group) is 1. The summed E-state index contributed by atoms with van der Waals surface area (Å²) in [6.07, 6.45) is 2.18. The SMILES string of the molecule is C=C(C)C(=O)N(C)CCCC. The first-order chi connectivity index (χ1) is 5.09. The average Bonchev–Trinajstić information content (AvgIpc) is 1.98. The molecule has 0 aliphatic rings. The summed E-state index contributed by atoms with van der Waals surface area (Å²) < 4.78 is 0. The number of nitrogens with zero attached hydrogens (tertiary/aromatic N) is 1. The molecular formula is C9H17NO. The van der Waals surface area contributed by atoms with Crippen LogP contribution in [0.25, 0.3) is 0 Å². The summed E-state index contributed by atoms with van der Waals surface area (Å²) in [5.74, 6) is 0.0541. The lowest BCUT2D eigenvalue weighted by atomic mass is 10.2. The zero-order valence-corrected chi connectivity index (χ0v) is 7.68. The summed E-state index contributed by atoms with van der Waals surface area (Å²) in [6, 6.07) is 0. The molecule has 0 radical (unpaired) electrons. The van der Waals surface area contributed by atoms with Crippen LogP contribution in [0.1, 0.15) is 26.7 Å². The molecule has 0 bridgehead atoms. The fourth-order valence-corrected chi connectivity index (χ4v) is 0.823. The van der Waals surface area contributed by atoms with Gasteiger partial charge in [0, 0.05) is 19.2 Å². The highest BCUT2D eigenvalue weighted by Crippen LogP contribution is 1.97. The van der Waals surface area contributed by atoms with E-state index in [1.807, 2.05) is 7.05 Å². The number of carbonyl (C=O) groups excluding carboxylic acids is 1. The van der Waals surface area contributed by atoms with E-state index in [2.05, 4.69) is 13.5 Å². The van der Waals surface area contributed by atoms with Crippen LogP contribution in [0.3, 0.4) is 0 Å². The lowest BCUT2D eigenvalue weighted by Crippen LogP contribution is -2.27. The van der Waals surface area contributed by atoms with Crippen molar-refractivity contribution < 1.29 is 4.79 Å². The van der Waals surface area contributed by atoms with Crippen LogP contribution >= 0.6 is 0 Å². The summed E-state index contributed by atoms with van der Waals surface area (Å²) in [5, 5.41) is 0. The third kappa shape index (κ3) is 3.81. The maximum Gasteiger partial charge on any atom is 0.248 e. The molecule has 0 saturated carbocycles. The Hall–Kier alpha value is -0.790. The molecule has 64 valence electrons. The van der Waals surface area contributed by atoms with Crippen molar-refractivity contribution >= 4 is 5.91 Å². The van der Waals surface area contributed by atoms with Gasteiger partial charge in [-0.15, -0.1) is 0 Å². The Morgan fingerprint density at radius 3 is 2.45 bits per heavy atom. The molecule has 0 aromatic heterocycles. The highest BCUT2D eigenvalue weighted by Gasteiger charge is 2.06. The second-order valence-corrected chi connectivity index (χ2v) is 2.86. The van der Waals surface area contributed by atoms with E-state index in [-0.39, 0.29) is 5.91 Å². The van der Waals surface area contributed by atoms with Gasteiger partial charge < -0.3 is 4.90 Å². The molecule has 0 aromatic carbocycles. The molecule has 0 atom stereocenters. The number of unbranched alkanes of at least 4 members (excludes halogenated alkanes) is 1. The van der Waals surface area contributed by atoms with Gasteiger partial charge >= 0.3 is 0 Å². The smallest absolute Gasteiger partial charge is 0.248 e. The molecule has 0 aromatic rings. The van der Waals surface area contributed by atoms with E-state index in [1.165, 1.54) is 0 Å². The summed E-state index contributed by atoms with van der Waals surface area (Å²) in [5.41, 5.74) is 0.614. The molecule has 11 heavy (non-hydrogen) atoms. The van der Waals surface area contributed by atoms with Crippen LogP contribution in [0, 0.1) is 0 Å². The van der Waals surface area contributed by atoms with E-state index in [4.69, 9.17) is 0 Å². The Morgan fingerprint density at radius 2 is 2.09 bits per heavy atom. The molecule has 0 aliphatic carbocycles. The minimum atomic E-state index is 0.0541. The summed E-state index contributed by atoms with van der Waals surface area (Å²) >= 11 is 0. The Kier molecular flexibility index (Phi) is 4.59. The van der Waals surface area contributed by atoms with Crippen LogP contribution in [0.4, 0.5) is 0 Å². The average molecular weight is 155 g/mol. The summed E-state index contributed by atoms with van der Waals surface area (Å²) in [7, 11) is 1.81. The van der Waals surface area contributed by atoms with E-state index in [0.29, 0.717) is 5.57 Å². The van der Waals surface area contributed by atoms with E-state index in [9.17, 15) is 4.79 Å². The number of hydrogen-bond donors (Lipinski definition) is 0. The van der Waals surface area contributed by atoms with Crippen molar-refractivity contribution in [1.82, 2.24) is 4.90 Å². The molecule has 0 fully saturated rings. The van der Waals surface area contributed by atoms with Crippen molar-refractivity contribution in [2.75, 3.05) is 13.6 Å². The third-order valence-electron chi connectivity index (χ3n) is 1.56. The maximum atomic E-state index is 11.2. The molecule has 0 saturated heterocycles. The lowest BCUT2D eigenvalue weighted by Gasteiger charge is -2.15. The summed E-state index contributed by atoms with van der Waals surface area (Å²) in [6.45, 7) is 8.28. The maximum absolute atomic E-state index is 11.2. The molecule has 0 aliphatic heterocycles. The quantitative estimate of drug-likeness (QED) is 0.567. The molecular weight excluding hydrogens is 138 g/mol. The van der Waals surface area contributed by atoms with Gasteiger partial charge in [0.25, 0.3) is 0 Å². The molecule has 1 amide bonds. The highest BCUT2D eigenvalue weighted by molar-refractivity contribution is 5.91. The van der Waals surface area contributed by atoms with Crippen LogP contribution in [-0.2, 0) is 4.79 Å². The van der Waals surface area contributed by atoms with Gasteiger partial charge in [-0.1, -0.05) is 19.9 Å². The van der Waals surface area contributed by atoms with Crippen LogP contribution < -0.4 is 0 Å². The normalized spacial score (nSPS) is 9.36. The third-order valence-corrected chi connectivity index (χ3v) is 1.56. The largest absolute Gasteiger partial charge is 0.342 e. The predicted octanol–water partition coefficient (Wildman–Crippen LogP) is 1.82. The van der Waals surface area contributed by atoms with Gasteiger partial charge in [-0.25, -0.2) is 0 Å². The van der Waals surface area contributed by atoms with Crippen molar-refractivity contribution in [3.63, 3.8) is 0 Å². The highest BCUT2D eigenvalue weighted by atomic mass is 16.2. The standard InChI is InChI=1S/C9H17NO/c1-5-6-7-10(4)9(11)8(2)3/h2,5-7H2,1,3-4H3. The number of rotatable bonds is 4. The second kappa shape index (κ2) is 4.94. The Labute approximate surface area is 68.9 Å². The van der Waals surface area contributed by atoms with Crippen LogP contribution in [0.15, 0.2) is 12.2 Å². The van der Waals surface area contributed by atoms with Gasteiger partial charge in [-0.2, -0.15) is 0 Å². The van der Waals surface area contributed by atoms with E-state index < -0.39 is 0 Å². The first-order valence-corrected chi connectivity index (χ1v) is 4.00. The fourth-order valence-electron chi connectivity index (χ4n) is 0.823. The van der Waals surface area contributed by atoms with Gasteiger partial charge in [0.2, 0.25) is 5.91 Å². The minimum Gasteiger partial charge on any atom is -0.342 e. The molecule has 0 rings (SSSR count). The molecule has 2 nitrogen and oxygen atoms in total. The van der Waals surface area contributed by atoms with Crippen molar-refractivity contribution in [2.45, 2.75) is 26.7 Å². The molecule has 0 spiro atoms. The topological polar surface area (TPSA) is 20.3 Å². The van der Waals surface area contributed by atoms with Crippen LogP contribution in [0.2, 0.25) is 0 Å². The Balaban J connectivity index is 3.73. The van der Waals surface area contributed by atoms with E-state index >= 15 is 0 Å². The van der Waals surface area contributed by atoms with Gasteiger partial charge in [-0.05, 0) is 13.3 Å².